The summed E-state index contributed by atoms with van der Waals surface area (Å²) in [6.07, 6.45) is 12.6. The molecule has 152 valence electrons. The van der Waals surface area contributed by atoms with Crippen LogP contribution in [0.2, 0.25) is 18.1 Å². The molecule has 0 fully saturated rings. The van der Waals surface area contributed by atoms with Crippen molar-refractivity contribution in [3.63, 3.8) is 0 Å². The van der Waals surface area contributed by atoms with Crippen molar-refractivity contribution in [3.8, 4) is 0 Å². The average Bonchev–Trinajstić information content (AvgIpc) is 2.85. The van der Waals surface area contributed by atoms with Gasteiger partial charge in [-0.25, -0.2) is 0 Å². The molecule has 1 rings (SSSR count). The first-order chi connectivity index (χ1) is 12.0. The van der Waals surface area contributed by atoms with Crippen LogP contribution in [0.15, 0.2) is 24.3 Å². The van der Waals surface area contributed by atoms with Gasteiger partial charge < -0.3 is 9.53 Å². The molecule has 0 aromatic rings. The van der Waals surface area contributed by atoms with Gasteiger partial charge in [-0.2, -0.15) is 0 Å². The Morgan fingerprint density at radius 1 is 1.23 bits per heavy atom. The molecule has 0 heterocycles. The highest BCUT2D eigenvalue weighted by Gasteiger charge is 2.43. The van der Waals surface area contributed by atoms with Crippen molar-refractivity contribution >= 4 is 8.32 Å². The molecule has 0 bridgehead atoms. The van der Waals surface area contributed by atoms with Gasteiger partial charge in [0, 0.05) is 5.92 Å². The lowest BCUT2D eigenvalue weighted by Gasteiger charge is -2.45. The topological polar surface area (TPSA) is 29.5 Å². The Bertz CT molecular complexity index is 475. The second-order valence-corrected chi connectivity index (χ2v) is 14.7. The largest absolute Gasteiger partial charge is 0.412 e. The quantitative estimate of drug-likeness (QED) is 0.237. The molecule has 0 aromatic carbocycles. The van der Waals surface area contributed by atoms with Crippen LogP contribution in [-0.2, 0) is 4.43 Å². The Morgan fingerprint density at radius 3 is 2.42 bits per heavy atom. The number of unbranched alkanes of at least 4 members (excludes halogenated alkanes) is 2. The van der Waals surface area contributed by atoms with Crippen LogP contribution < -0.4 is 0 Å². The SMILES string of the molecule is C=CC[C@@H]1C(CC[C@](C)(CCCCC)O[Si](C)(C)C(C)(C)C)=CC[C@@H]1O. The van der Waals surface area contributed by atoms with Crippen molar-refractivity contribution in [1.82, 2.24) is 0 Å². The fourth-order valence-electron chi connectivity index (χ4n) is 3.76. The van der Waals surface area contributed by atoms with Gasteiger partial charge in [-0.1, -0.05) is 64.7 Å². The third kappa shape index (κ3) is 6.65. The van der Waals surface area contributed by atoms with Crippen molar-refractivity contribution in [3.05, 3.63) is 24.3 Å². The van der Waals surface area contributed by atoms with E-state index in [-0.39, 0.29) is 22.7 Å². The molecular formula is C23H44O2Si. The first-order valence-corrected chi connectivity index (χ1v) is 13.5. The normalized spacial score (nSPS) is 23.6. The first-order valence-electron chi connectivity index (χ1n) is 10.6. The van der Waals surface area contributed by atoms with E-state index in [0.29, 0.717) is 0 Å². The average molecular weight is 381 g/mol. The highest BCUT2D eigenvalue weighted by Crippen LogP contribution is 2.43. The molecule has 1 N–H and O–H groups in total. The zero-order valence-corrected chi connectivity index (χ0v) is 19.5. The van der Waals surface area contributed by atoms with Crippen LogP contribution in [0.1, 0.15) is 86.0 Å². The van der Waals surface area contributed by atoms with Gasteiger partial charge in [0.1, 0.15) is 0 Å². The van der Waals surface area contributed by atoms with E-state index in [1.807, 2.05) is 6.08 Å². The Hall–Kier alpha value is -0.383. The lowest BCUT2D eigenvalue weighted by atomic mass is 9.87. The zero-order valence-electron chi connectivity index (χ0n) is 18.5. The molecule has 3 atom stereocenters. The molecule has 1 aliphatic rings. The molecule has 0 aromatic heterocycles. The van der Waals surface area contributed by atoms with E-state index >= 15 is 0 Å². The smallest absolute Gasteiger partial charge is 0.192 e. The summed E-state index contributed by atoms with van der Waals surface area (Å²) >= 11 is 0. The predicted octanol–water partition coefficient (Wildman–Crippen LogP) is 7.01. The van der Waals surface area contributed by atoms with Gasteiger partial charge in [0.05, 0.1) is 11.7 Å². The minimum absolute atomic E-state index is 0.0642. The molecule has 0 saturated heterocycles. The maximum atomic E-state index is 10.3. The van der Waals surface area contributed by atoms with Gasteiger partial charge >= 0.3 is 0 Å². The predicted molar refractivity (Wildman–Crippen MR) is 117 cm³/mol. The van der Waals surface area contributed by atoms with Gasteiger partial charge in [0.2, 0.25) is 0 Å². The molecule has 26 heavy (non-hydrogen) atoms. The van der Waals surface area contributed by atoms with Crippen molar-refractivity contribution in [2.45, 2.75) is 116 Å². The van der Waals surface area contributed by atoms with Crippen molar-refractivity contribution < 1.29 is 9.53 Å². The van der Waals surface area contributed by atoms with Gasteiger partial charge in [0.25, 0.3) is 0 Å². The van der Waals surface area contributed by atoms with Gasteiger partial charge in [-0.15, -0.1) is 6.58 Å². The number of allylic oxidation sites excluding steroid dienone is 1. The van der Waals surface area contributed by atoms with Crippen molar-refractivity contribution in [1.29, 1.82) is 0 Å². The van der Waals surface area contributed by atoms with Gasteiger partial charge in [-0.05, 0) is 57.2 Å². The van der Waals surface area contributed by atoms with E-state index in [1.165, 1.54) is 24.8 Å². The van der Waals surface area contributed by atoms with E-state index in [2.05, 4.69) is 60.4 Å². The Kier molecular flexibility index (Phi) is 8.83. The monoisotopic (exact) mass is 380 g/mol. The van der Waals surface area contributed by atoms with E-state index in [1.54, 1.807) is 0 Å². The second kappa shape index (κ2) is 9.70. The van der Waals surface area contributed by atoms with Gasteiger partial charge in [0.15, 0.2) is 8.32 Å². The lowest BCUT2D eigenvalue weighted by molar-refractivity contribution is 0.0502. The fraction of sp³-hybridized carbons (Fsp3) is 0.826. The number of hydrogen-bond acceptors (Lipinski definition) is 2. The molecule has 2 nitrogen and oxygen atoms in total. The number of rotatable bonds is 11. The molecule has 0 amide bonds. The van der Waals surface area contributed by atoms with Crippen LogP contribution in [0.25, 0.3) is 0 Å². The molecule has 0 saturated carbocycles. The molecule has 0 spiro atoms. The maximum absolute atomic E-state index is 10.3. The van der Waals surface area contributed by atoms with E-state index in [4.69, 9.17) is 4.43 Å². The third-order valence-corrected chi connectivity index (χ3v) is 11.2. The van der Waals surface area contributed by atoms with Crippen LogP contribution in [0.3, 0.4) is 0 Å². The second-order valence-electron chi connectivity index (χ2n) is 9.98. The third-order valence-electron chi connectivity index (χ3n) is 6.54. The summed E-state index contributed by atoms with van der Waals surface area (Å²) in [7, 11) is -1.81. The van der Waals surface area contributed by atoms with E-state index < -0.39 is 8.32 Å². The fourth-order valence-corrected chi connectivity index (χ4v) is 5.51. The van der Waals surface area contributed by atoms with Crippen LogP contribution in [0.4, 0.5) is 0 Å². The summed E-state index contributed by atoms with van der Waals surface area (Å²) in [4.78, 5) is 0. The number of aliphatic hydroxyl groups is 1. The van der Waals surface area contributed by atoms with Crippen LogP contribution in [0, 0.1) is 5.92 Å². The molecule has 0 unspecified atom stereocenters. The van der Waals surface area contributed by atoms with Crippen LogP contribution in [0.5, 0.6) is 0 Å². The summed E-state index contributed by atoms with van der Waals surface area (Å²) in [5.74, 6) is 0.264. The van der Waals surface area contributed by atoms with E-state index in [9.17, 15) is 5.11 Å². The number of aliphatic hydroxyl groups excluding tert-OH is 1. The Labute approximate surface area is 164 Å². The summed E-state index contributed by atoms with van der Waals surface area (Å²) in [5.41, 5.74) is 1.35. The minimum atomic E-state index is -1.81. The summed E-state index contributed by atoms with van der Waals surface area (Å²) in [5, 5.41) is 10.5. The lowest BCUT2D eigenvalue weighted by Crippen LogP contribution is -2.48. The van der Waals surface area contributed by atoms with Crippen LogP contribution >= 0.6 is 0 Å². The van der Waals surface area contributed by atoms with Crippen molar-refractivity contribution in [2.75, 3.05) is 0 Å². The summed E-state index contributed by atoms with van der Waals surface area (Å²) in [6, 6.07) is 0. The van der Waals surface area contributed by atoms with Crippen LogP contribution in [-0.4, -0.2) is 25.1 Å². The Balaban J connectivity index is 2.84. The van der Waals surface area contributed by atoms with Crippen molar-refractivity contribution in [2.24, 2.45) is 5.92 Å². The highest BCUT2D eigenvalue weighted by molar-refractivity contribution is 6.74. The Morgan fingerprint density at radius 2 is 1.88 bits per heavy atom. The standard InChI is InChI=1S/C23H44O2Si/c1-9-11-12-17-23(6,25-26(7,8)22(3,4)5)18-16-19-14-15-21(24)20(19)13-10-2/h10,14,20-21,24H,2,9,11-13,15-18H2,1,3-8H3/t20-,21+,23+/m1/s1. The minimum Gasteiger partial charge on any atom is -0.412 e. The zero-order chi connectivity index (χ0) is 20.0. The molecule has 0 aliphatic heterocycles. The van der Waals surface area contributed by atoms with E-state index in [0.717, 1.165) is 32.1 Å². The summed E-state index contributed by atoms with van der Waals surface area (Å²) < 4.78 is 6.95. The molecule has 1 aliphatic carbocycles. The maximum Gasteiger partial charge on any atom is 0.192 e. The molecule has 3 heteroatoms. The summed E-state index contributed by atoms with van der Waals surface area (Å²) in [6.45, 7) is 20.2. The molecular weight excluding hydrogens is 336 g/mol. The molecule has 0 radical (unpaired) electrons. The van der Waals surface area contributed by atoms with Gasteiger partial charge in [-0.3, -0.25) is 0 Å². The first kappa shape index (κ1) is 23.7. The highest BCUT2D eigenvalue weighted by atomic mass is 28.4. The number of hydrogen-bond donors (Lipinski definition) is 1.